The van der Waals surface area contributed by atoms with Crippen LogP contribution in [0, 0.1) is 5.82 Å². The molecule has 0 bridgehead atoms. The molecule has 0 spiro atoms. The zero-order chi connectivity index (χ0) is 13.9. The summed E-state index contributed by atoms with van der Waals surface area (Å²) in [7, 11) is 2.04. The highest BCUT2D eigenvalue weighted by Crippen LogP contribution is 2.25. The standard InChI is InChI=1S/C17H19FN2/c1-20(11-14-7-2-4-8-16(14)18)12-15-10-13-6-3-5-9-17(13)19-15/h2-9,15,19H,10-12H2,1H3. The second-order valence-electron chi connectivity index (χ2n) is 5.49. The van der Waals surface area contributed by atoms with Crippen molar-refractivity contribution in [1.29, 1.82) is 0 Å². The molecule has 3 rings (SSSR count). The lowest BCUT2D eigenvalue weighted by molar-refractivity contribution is 0.307. The van der Waals surface area contributed by atoms with Gasteiger partial charge in [0.1, 0.15) is 5.82 Å². The van der Waals surface area contributed by atoms with Gasteiger partial charge in [-0.25, -0.2) is 4.39 Å². The number of likely N-dealkylation sites (N-methyl/N-ethyl adjacent to an activating group) is 1. The van der Waals surface area contributed by atoms with Crippen molar-refractivity contribution in [2.45, 2.75) is 19.0 Å². The molecule has 2 aromatic rings. The Labute approximate surface area is 119 Å². The zero-order valence-corrected chi connectivity index (χ0v) is 11.6. The minimum Gasteiger partial charge on any atom is -0.380 e. The van der Waals surface area contributed by atoms with E-state index in [0.717, 1.165) is 18.5 Å². The summed E-state index contributed by atoms with van der Waals surface area (Å²) in [6, 6.07) is 15.8. The molecule has 0 fully saturated rings. The second-order valence-corrected chi connectivity index (χ2v) is 5.49. The molecule has 1 atom stereocenters. The van der Waals surface area contributed by atoms with Crippen LogP contribution in [0.4, 0.5) is 10.1 Å². The van der Waals surface area contributed by atoms with Crippen molar-refractivity contribution >= 4 is 5.69 Å². The van der Waals surface area contributed by atoms with Crippen molar-refractivity contribution < 1.29 is 4.39 Å². The predicted octanol–water partition coefficient (Wildman–Crippen LogP) is 3.29. The molecule has 0 saturated carbocycles. The van der Waals surface area contributed by atoms with Crippen LogP contribution in [0.1, 0.15) is 11.1 Å². The summed E-state index contributed by atoms with van der Waals surface area (Å²) in [4.78, 5) is 2.17. The molecule has 2 aromatic carbocycles. The van der Waals surface area contributed by atoms with Crippen molar-refractivity contribution in [3.8, 4) is 0 Å². The molecule has 0 radical (unpaired) electrons. The Balaban J connectivity index is 1.59. The molecule has 1 aliphatic rings. The summed E-state index contributed by atoms with van der Waals surface area (Å²) in [6.45, 7) is 1.55. The van der Waals surface area contributed by atoms with Crippen LogP contribution in [0.25, 0.3) is 0 Å². The topological polar surface area (TPSA) is 15.3 Å². The van der Waals surface area contributed by atoms with Crippen molar-refractivity contribution in [2.24, 2.45) is 0 Å². The number of nitrogens with zero attached hydrogens (tertiary/aromatic N) is 1. The number of halogens is 1. The van der Waals surface area contributed by atoms with Crippen molar-refractivity contribution in [1.82, 2.24) is 4.90 Å². The maximum atomic E-state index is 13.6. The monoisotopic (exact) mass is 270 g/mol. The lowest BCUT2D eigenvalue weighted by Crippen LogP contribution is -2.32. The first-order valence-corrected chi connectivity index (χ1v) is 6.99. The van der Waals surface area contributed by atoms with Crippen LogP contribution >= 0.6 is 0 Å². The lowest BCUT2D eigenvalue weighted by Gasteiger charge is -2.21. The van der Waals surface area contributed by atoms with Gasteiger partial charge in [0.2, 0.25) is 0 Å². The summed E-state index contributed by atoms with van der Waals surface area (Å²) < 4.78 is 13.6. The van der Waals surface area contributed by atoms with Gasteiger partial charge < -0.3 is 5.32 Å². The maximum Gasteiger partial charge on any atom is 0.127 e. The van der Waals surface area contributed by atoms with E-state index in [2.05, 4.69) is 34.5 Å². The Bertz CT molecular complexity index is 572. The summed E-state index contributed by atoms with van der Waals surface area (Å²) in [6.07, 6.45) is 1.04. The fraction of sp³-hybridized carbons (Fsp3) is 0.294. The average Bonchev–Trinajstić information content (AvgIpc) is 2.83. The van der Waals surface area contributed by atoms with E-state index in [1.54, 1.807) is 6.07 Å². The van der Waals surface area contributed by atoms with Gasteiger partial charge in [0.25, 0.3) is 0 Å². The van der Waals surface area contributed by atoms with Crippen molar-refractivity contribution in [2.75, 3.05) is 18.9 Å². The summed E-state index contributed by atoms with van der Waals surface area (Å²) in [5, 5.41) is 3.53. The van der Waals surface area contributed by atoms with Gasteiger partial charge in [-0.1, -0.05) is 36.4 Å². The normalized spacial score (nSPS) is 17.1. The quantitative estimate of drug-likeness (QED) is 0.917. The second kappa shape index (κ2) is 5.63. The number of hydrogen-bond donors (Lipinski definition) is 1. The molecule has 0 aromatic heterocycles. The number of fused-ring (bicyclic) bond motifs is 1. The molecule has 3 heteroatoms. The Morgan fingerprint density at radius 2 is 1.90 bits per heavy atom. The summed E-state index contributed by atoms with van der Waals surface area (Å²) in [5.41, 5.74) is 3.36. The minimum atomic E-state index is -0.123. The highest BCUT2D eigenvalue weighted by Gasteiger charge is 2.21. The van der Waals surface area contributed by atoms with Crippen LogP contribution in [0.3, 0.4) is 0 Å². The molecule has 104 valence electrons. The van der Waals surface area contributed by atoms with Gasteiger partial charge in [-0.15, -0.1) is 0 Å². The highest BCUT2D eigenvalue weighted by molar-refractivity contribution is 5.56. The smallest absolute Gasteiger partial charge is 0.127 e. The van der Waals surface area contributed by atoms with Crippen molar-refractivity contribution in [3.05, 3.63) is 65.5 Å². The summed E-state index contributed by atoms with van der Waals surface area (Å²) in [5.74, 6) is -0.123. The number of para-hydroxylation sites is 1. The molecule has 1 unspecified atom stereocenters. The Hall–Kier alpha value is -1.87. The number of hydrogen-bond acceptors (Lipinski definition) is 2. The van der Waals surface area contributed by atoms with Gasteiger partial charge in [-0.2, -0.15) is 0 Å². The van der Waals surface area contributed by atoms with E-state index in [4.69, 9.17) is 0 Å². The van der Waals surface area contributed by atoms with E-state index < -0.39 is 0 Å². The number of anilines is 1. The van der Waals surface area contributed by atoms with Gasteiger partial charge in [-0.05, 0) is 31.2 Å². The fourth-order valence-corrected chi connectivity index (χ4v) is 2.84. The molecule has 1 N–H and O–H groups in total. The molecule has 1 aliphatic heterocycles. The third-order valence-electron chi connectivity index (χ3n) is 3.77. The van der Waals surface area contributed by atoms with Crippen LogP contribution in [0.15, 0.2) is 48.5 Å². The first kappa shape index (κ1) is 13.1. The highest BCUT2D eigenvalue weighted by atomic mass is 19.1. The average molecular weight is 270 g/mol. The van der Waals surface area contributed by atoms with Gasteiger partial charge in [0.05, 0.1) is 0 Å². The predicted molar refractivity (Wildman–Crippen MR) is 80.3 cm³/mol. The van der Waals surface area contributed by atoms with E-state index in [0.29, 0.717) is 12.6 Å². The largest absolute Gasteiger partial charge is 0.380 e. The number of rotatable bonds is 4. The molecule has 0 aliphatic carbocycles. The lowest BCUT2D eigenvalue weighted by atomic mass is 10.1. The maximum absolute atomic E-state index is 13.6. The third-order valence-corrected chi connectivity index (χ3v) is 3.77. The first-order chi connectivity index (χ1) is 9.72. The van der Waals surface area contributed by atoms with Crippen LogP contribution in [-0.2, 0) is 13.0 Å². The molecule has 20 heavy (non-hydrogen) atoms. The van der Waals surface area contributed by atoms with E-state index in [1.807, 2.05) is 19.2 Å². The molecule has 0 amide bonds. The summed E-state index contributed by atoms with van der Waals surface area (Å²) >= 11 is 0. The van der Waals surface area contributed by atoms with Gasteiger partial charge in [-0.3, -0.25) is 4.90 Å². The minimum absolute atomic E-state index is 0.123. The number of nitrogens with one attached hydrogen (secondary N) is 1. The fourth-order valence-electron chi connectivity index (χ4n) is 2.84. The Morgan fingerprint density at radius 1 is 1.15 bits per heavy atom. The van der Waals surface area contributed by atoms with Crippen LogP contribution in [-0.4, -0.2) is 24.5 Å². The van der Waals surface area contributed by atoms with Crippen molar-refractivity contribution in [3.63, 3.8) is 0 Å². The zero-order valence-electron chi connectivity index (χ0n) is 11.6. The van der Waals surface area contributed by atoms with Gasteiger partial charge in [0.15, 0.2) is 0 Å². The molecule has 2 nitrogen and oxygen atoms in total. The molecule has 1 heterocycles. The Morgan fingerprint density at radius 3 is 2.70 bits per heavy atom. The van der Waals surface area contributed by atoms with Crippen LogP contribution in [0.5, 0.6) is 0 Å². The third kappa shape index (κ3) is 2.83. The van der Waals surface area contributed by atoms with Gasteiger partial charge in [0, 0.05) is 30.4 Å². The van der Waals surface area contributed by atoms with Gasteiger partial charge >= 0.3 is 0 Å². The number of benzene rings is 2. The SMILES string of the molecule is CN(Cc1ccccc1F)CC1Cc2ccccc2N1. The van der Waals surface area contributed by atoms with E-state index in [-0.39, 0.29) is 5.82 Å². The van der Waals surface area contributed by atoms with E-state index in [1.165, 1.54) is 17.3 Å². The molecular formula is C17H19FN2. The van der Waals surface area contributed by atoms with E-state index in [9.17, 15) is 4.39 Å². The Kier molecular flexibility index (Phi) is 3.70. The van der Waals surface area contributed by atoms with Crippen LogP contribution in [0.2, 0.25) is 0 Å². The first-order valence-electron chi connectivity index (χ1n) is 6.99. The van der Waals surface area contributed by atoms with E-state index >= 15 is 0 Å². The van der Waals surface area contributed by atoms with Crippen LogP contribution < -0.4 is 5.32 Å². The molecular weight excluding hydrogens is 251 g/mol. The molecule has 0 saturated heterocycles.